The Morgan fingerprint density at radius 3 is 2.43 bits per heavy atom. The average Bonchev–Trinajstić information content (AvgIpc) is 3.17. The lowest BCUT2D eigenvalue weighted by Crippen LogP contribution is -2.39. The number of rotatable bonds is 9. The molecule has 37 heavy (non-hydrogen) atoms. The van der Waals surface area contributed by atoms with Gasteiger partial charge in [-0.15, -0.1) is 0 Å². The van der Waals surface area contributed by atoms with Crippen LogP contribution in [-0.2, 0) is 9.53 Å². The Morgan fingerprint density at radius 1 is 1.14 bits per heavy atom. The number of thiazole rings is 1. The van der Waals surface area contributed by atoms with Crippen LogP contribution in [0.15, 0.2) is 82.2 Å². The summed E-state index contributed by atoms with van der Waals surface area (Å²) >= 11 is 1.29. The van der Waals surface area contributed by atoms with E-state index in [1.54, 1.807) is 24.5 Å². The van der Waals surface area contributed by atoms with Gasteiger partial charge in [-0.3, -0.25) is 9.36 Å². The summed E-state index contributed by atoms with van der Waals surface area (Å²) in [6.07, 6.45) is 3.53. The van der Waals surface area contributed by atoms with Gasteiger partial charge in [-0.25, -0.2) is 9.79 Å². The smallest absolute Gasteiger partial charge is 0.338 e. The first-order chi connectivity index (χ1) is 17.8. The van der Waals surface area contributed by atoms with Crippen molar-refractivity contribution in [3.63, 3.8) is 0 Å². The summed E-state index contributed by atoms with van der Waals surface area (Å²) in [4.78, 5) is 31.9. The fourth-order valence-corrected chi connectivity index (χ4v) is 5.12. The van der Waals surface area contributed by atoms with Crippen LogP contribution >= 0.6 is 11.3 Å². The van der Waals surface area contributed by atoms with Gasteiger partial charge in [0.15, 0.2) is 4.80 Å². The van der Waals surface area contributed by atoms with Gasteiger partial charge >= 0.3 is 5.97 Å². The van der Waals surface area contributed by atoms with Gasteiger partial charge in [-0.2, -0.15) is 0 Å². The predicted octanol–water partition coefficient (Wildman–Crippen LogP) is 4.15. The molecule has 0 N–H and O–H groups in total. The molecule has 0 unspecified atom stereocenters. The molecule has 2 aromatic carbocycles. The van der Waals surface area contributed by atoms with Crippen LogP contribution in [0.5, 0.6) is 11.5 Å². The highest BCUT2D eigenvalue weighted by molar-refractivity contribution is 7.07. The summed E-state index contributed by atoms with van der Waals surface area (Å²) in [7, 11) is 0. The topological polar surface area (TPSA) is 79.1 Å². The fourth-order valence-electron chi connectivity index (χ4n) is 4.07. The highest BCUT2D eigenvalue weighted by Gasteiger charge is 2.33. The lowest BCUT2D eigenvalue weighted by atomic mass is 9.96. The third-order valence-corrected chi connectivity index (χ3v) is 6.61. The first-order valence-corrected chi connectivity index (χ1v) is 12.9. The van der Waals surface area contributed by atoms with Crippen molar-refractivity contribution >= 4 is 23.4 Å². The van der Waals surface area contributed by atoms with Crippen molar-refractivity contribution in [2.24, 2.45) is 4.99 Å². The van der Waals surface area contributed by atoms with Gasteiger partial charge in [0.2, 0.25) is 0 Å². The minimum atomic E-state index is -0.666. The SMILES string of the molecule is C=CCOc1ccc(/C=c2\sc3n(c2=O)[C@H](c2ccc(OC(C)C)cc2)C(C(=O)OCC)=C(C)N=3)cc1. The van der Waals surface area contributed by atoms with E-state index in [0.29, 0.717) is 33.0 Å². The second-order valence-electron chi connectivity index (χ2n) is 8.71. The molecular formula is C29H30N2O5S. The van der Waals surface area contributed by atoms with Crippen molar-refractivity contribution in [3.05, 3.63) is 103 Å². The molecule has 7 nitrogen and oxygen atoms in total. The van der Waals surface area contributed by atoms with Crippen molar-refractivity contribution in [2.75, 3.05) is 13.2 Å². The molecule has 192 valence electrons. The van der Waals surface area contributed by atoms with Crippen molar-refractivity contribution in [3.8, 4) is 11.5 Å². The fraction of sp³-hybridized carbons (Fsp3) is 0.276. The summed E-state index contributed by atoms with van der Waals surface area (Å²) in [5.41, 5.74) is 2.27. The first-order valence-electron chi connectivity index (χ1n) is 12.1. The molecule has 0 saturated heterocycles. The van der Waals surface area contributed by atoms with Crippen molar-refractivity contribution in [2.45, 2.75) is 39.8 Å². The molecule has 8 heteroatoms. The van der Waals surface area contributed by atoms with E-state index in [1.807, 2.05) is 68.5 Å². The Bertz CT molecular complexity index is 1500. The minimum absolute atomic E-state index is 0.0309. The quantitative estimate of drug-likeness (QED) is 0.314. The maximum absolute atomic E-state index is 13.7. The number of allylic oxidation sites excluding steroid dienone is 1. The van der Waals surface area contributed by atoms with Crippen LogP contribution in [0, 0.1) is 0 Å². The molecule has 0 spiro atoms. The highest BCUT2D eigenvalue weighted by atomic mass is 32.1. The molecule has 0 amide bonds. The second-order valence-corrected chi connectivity index (χ2v) is 9.72. The summed E-state index contributed by atoms with van der Waals surface area (Å²) < 4.78 is 18.8. The third kappa shape index (κ3) is 5.75. The van der Waals surface area contributed by atoms with Crippen LogP contribution in [0.3, 0.4) is 0 Å². The van der Waals surface area contributed by atoms with Crippen molar-refractivity contribution in [1.82, 2.24) is 4.57 Å². The van der Waals surface area contributed by atoms with Gasteiger partial charge in [-0.1, -0.05) is 48.3 Å². The van der Waals surface area contributed by atoms with E-state index in [2.05, 4.69) is 11.6 Å². The molecule has 0 aliphatic carbocycles. The number of esters is 1. The normalized spacial score (nSPS) is 15.3. The van der Waals surface area contributed by atoms with Gasteiger partial charge in [-0.05, 0) is 69.2 Å². The number of nitrogens with zero attached hydrogens (tertiary/aromatic N) is 2. The largest absolute Gasteiger partial charge is 0.491 e. The van der Waals surface area contributed by atoms with Gasteiger partial charge in [0.05, 0.1) is 34.6 Å². The Morgan fingerprint density at radius 2 is 1.81 bits per heavy atom. The van der Waals surface area contributed by atoms with E-state index in [1.165, 1.54) is 11.3 Å². The summed E-state index contributed by atoms with van der Waals surface area (Å²) in [5, 5.41) is 0. The average molecular weight is 519 g/mol. The zero-order valence-electron chi connectivity index (χ0n) is 21.4. The van der Waals surface area contributed by atoms with E-state index in [-0.39, 0.29) is 18.3 Å². The molecule has 0 fully saturated rings. The zero-order chi connectivity index (χ0) is 26.5. The molecule has 4 rings (SSSR count). The summed E-state index contributed by atoms with van der Waals surface area (Å²) in [5.74, 6) is 0.948. The maximum Gasteiger partial charge on any atom is 0.338 e. The van der Waals surface area contributed by atoms with E-state index in [4.69, 9.17) is 14.2 Å². The van der Waals surface area contributed by atoms with Crippen LogP contribution in [0.4, 0.5) is 0 Å². The van der Waals surface area contributed by atoms with E-state index >= 15 is 0 Å². The molecule has 0 radical (unpaired) electrons. The predicted molar refractivity (Wildman–Crippen MR) is 145 cm³/mol. The third-order valence-electron chi connectivity index (χ3n) is 5.63. The van der Waals surface area contributed by atoms with Crippen LogP contribution in [0.25, 0.3) is 6.08 Å². The number of aromatic nitrogens is 1. The Kier molecular flexibility index (Phi) is 8.08. The lowest BCUT2D eigenvalue weighted by molar-refractivity contribution is -0.139. The molecule has 1 aliphatic heterocycles. The second kappa shape index (κ2) is 11.4. The van der Waals surface area contributed by atoms with Crippen LogP contribution in [0.1, 0.15) is 44.9 Å². The molecule has 0 bridgehead atoms. The standard InChI is InChI=1S/C29H30N2O5S/c1-6-16-35-22-12-8-20(9-13-22)17-24-27(32)31-26(21-10-14-23(15-11-21)36-18(3)4)25(28(33)34-7-2)19(5)30-29(31)37-24/h6,8-15,17-18,26H,1,7,16H2,2-5H3/b24-17-/t26-/m1/s1. The number of hydrogen-bond acceptors (Lipinski definition) is 7. The zero-order valence-corrected chi connectivity index (χ0v) is 22.2. The number of benzene rings is 2. The number of carbonyl (C=O) groups is 1. The van der Waals surface area contributed by atoms with Gasteiger partial charge in [0.1, 0.15) is 18.1 Å². The number of hydrogen-bond donors (Lipinski definition) is 0. The van der Waals surface area contributed by atoms with Crippen LogP contribution in [-0.4, -0.2) is 29.9 Å². The van der Waals surface area contributed by atoms with Gasteiger partial charge in [0.25, 0.3) is 5.56 Å². The molecule has 0 saturated carbocycles. The van der Waals surface area contributed by atoms with E-state index in [0.717, 1.165) is 16.9 Å². The van der Waals surface area contributed by atoms with Gasteiger partial charge in [0, 0.05) is 0 Å². The van der Waals surface area contributed by atoms with Crippen LogP contribution < -0.4 is 24.4 Å². The highest BCUT2D eigenvalue weighted by Crippen LogP contribution is 2.31. The van der Waals surface area contributed by atoms with Gasteiger partial charge < -0.3 is 14.2 Å². The maximum atomic E-state index is 13.7. The minimum Gasteiger partial charge on any atom is -0.491 e. The number of carbonyl (C=O) groups excluding carboxylic acids is 1. The summed E-state index contributed by atoms with van der Waals surface area (Å²) in [6.45, 7) is 11.7. The van der Waals surface area contributed by atoms with Crippen LogP contribution in [0.2, 0.25) is 0 Å². The lowest BCUT2D eigenvalue weighted by Gasteiger charge is -2.25. The molecule has 3 aromatic rings. The first kappa shape index (κ1) is 26.2. The molecule has 1 aromatic heterocycles. The number of ether oxygens (including phenoxy) is 3. The molecular weight excluding hydrogens is 488 g/mol. The van der Waals surface area contributed by atoms with E-state index in [9.17, 15) is 9.59 Å². The Hall–Kier alpha value is -3.91. The summed E-state index contributed by atoms with van der Waals surface area (Å²) in [6, 6.07) is 14.2. The molecule has 1 aliphatic rings. The van der Waals surface area contributed by atoms with E-state index < -0.39 is 12.0 Å². The molecule has 1 atom stereocenters. The Balaban J connectivity index is 1.81. The van der Waals surface area contributed by atoms with Crippen molar-refractivity contribution in [1.29, 1.82) is 0 Å². The van der Waals surface area contributed by atoms with Crippen molar-refractivity contribution < 1.29 is 19.0 Å². The Labute approximate surface area is 219 Å². The molecule has 2 heterocycles. The number of fused-ring (bicyclic) bond motifs is 1. The monoisotopic (exact) mass is 518 g/mol.